The Morgan fingerprint density at radius 3 is 2.62 bits per heavy atom. The predicted octanol–water partition coefficient (Wildman–Crippen LogP) is 2.66. The molecule has 1 aliphatic heterocycles. The molecule has 0 saturated heterocycles. The third-order valence-corrected chi connectivity index (χ3v) is 6.53. The summed E-state index contributed by atoms with van der Waals surface area (Å²) >= 11 is 1.20. The second kappa shape index (κ2) is 11.3. The molecule has 3 aromatic rings. The number of esters is 1. The van der Waals surface area contributed by atoms with Gasteiger partial charge in [0.2, 0.25) is 0 Å². The molecule has 1 N–H and O–H groups in total. The molecular formula is C27H26N2O7S. The number of aromatic nitrogens is 1. The zero-order chi connectivity index (χ0) is 26.5. The number of carbonyl (C=O) groups excluding carboxylic acids is 1. The van der Waals surface area contributed by atoms with E-state index in [1.165, 1.54) is 15.9 Å². The van der Waals surface area contributed by atoms with Crippen molar-refractivity contribution >= 4 is 29.4 Å². The number of carboxylic acid groups (broad SMARTS) is 1. The summed E-state index contributed by atoms with van der Waals surface area (Å²) in [5, 5.41) is 8.87. The Morgan fingerprint density at radius 2 is 1.89 bits per heavy atom. The number of carbonyl (C=O) groups is 2. The molecule has 0 bridgehead atoms. The van der Waals surface area contributed by atoms with Crippen molar-refractivity contribution in [3.8, 4) is 11.5 Å². The largest absolute Gasteiger partial charge is 0.494 e. The Labute approximate surface area is 216 Å². The highest BCUT2D eigenvalue weighted by Gasteiger charge is 2.35. The van der Waals surface area contributed by atoms with Crippen LogP contribution in [0.5, 0.6) is 11.5 Å². The number of hydrogen-bond acceptors (Lipinski definition) is 8. The summed E-state index contributed by atoms with van der Waals surface area (Å²) in [7, 11) is 0. The van der Waals surface area contributed by atoms with Crippen molar-refractivity contribution in [1.82, 2.24) is 4.57 Å². The fraction of sp³-hybridized carbons (Fsp3) is 0.259. The van der Waals surface area contributed by atoms with Gasteiger partial charge in [-0.2, -0.15) is 0 Å². The first kappa shape index (κ1) is 25.9. The van der Waals surface area contributed by atoms with Crippen LogP contribution < -0.4 is 24.4 Å². The molecule has 192 valence electrons. The minimum absolute atomic E-state index is 0.181. The lowest BCUT2D eigenvalue weighted by molar-refractivity contribution is -0.140. The van der Waals surface area contributed by atoms with E-state index in [1.54, 1.807) is 50.3 Å². The van der Waals surface area contributed by atoms with Crippen LogP contribution in [0.4, 0.5) is 0 Å². The molecule has 0 aliphatic carbocycles. The van der Waals surface area contributed by atoms with E-state index in [9.17, 15) is 14.4 Å². The molecular weight excluding hydrogens is 496 g/mol. The van der Waals surface area contributed by atoms with Gasteiger partial charge in [-0.3, -0.25) is 9.36 Å². The van der Waals surface area contributed by atoms with Crippen LogP contribution in [0, 0.1) is 0 Å². The van der Waals surface area contributed by atoms with Crippen molar-refractivity contribution < 1.29 is 28.9 Å². The predicted molar refractivity (Wildman–Crippen MR) is 138 cm³/mol. The van der Waals surface area contributed by atoms with Crippen LogP contribution in [0.2, 0.25) is 0 Å². The Morgan fingerprint density at radius 1 is 1.11 bits per heavy atom. The zero-order valence-corrected chi connectivity index (χ0v) is 21.4. The van der Waals surface area contributed by atoms with E-state index in [0.717, 1.165) is 0 Å². The number of aliphatic carboxylic acids is 1. The highest BCUT2D eigenvalue weighted by molar-refractivity contribution is 7.07. The second-order valence-corrected chi connectivity index (χ2v) is 9.04. The Bertz CT molecular complexity index is 1550. The molecule has 0 saturated carbocycles. The summed E-state index contributed by atoms with van der Waals surface area (Å²) in [6.07, 6.45) is 1.69. The minimum atomic E-state index is -1.08. The maximum Gasteiger partial charge on any atom is 0.341 e. The van der Waals surface area contributed by atoms with Crippen LogP contribution in [0.3, 0.4) is 0 Å². The first-order valence-corrected chi connectivity index (χ1v) is 12.5. The molecule has 0 amide bonds. The molecule has 1 aromatic heterocycles. The Hall–Kier alpha value is -4.18. The number of nitrogens with zero attached hydrogens (tertiary/aromatic N) is 2. The number of carboxylic acids is 1. The number of fused-ring (bicyclic) bond motifs is 1. The average Bonchev–Trinajstić information content (AvgIpc) is 3.17. The van der Waals surface area contributed by atoms with Gasteiger partial charge in [0.05, 0.1) is 29.0 Å². The molecule has 37 heavy (non-hydrogen) atoms. The average molecular weight is 523 g/mol. The van der Waals surface area contributed by atoms with Crippen LogP contribution in [-0.4, -0.2) is 41.4 Å². The fourth-order valence-corrected chi connectivity index (χ4v) is 5.12. The van der Waals surface area contributed by atoms with Gasteiger partial charge in [-0.1, -0.05) is 41.7 Å². The number of benzene rings is 2. The lowest BCUT2D eigenvalue weighted by Gasteiger charge is -2.26. The van der Waals surface area contributed by atoms with E-state index in [2.05, 4.69) is 4.99 Å². The molecule has 10 heteroatoms. The van der Waals surface area contributed by atoms with E-state index >= 15 is 0 Å². The summed E-state index contributed by atoms with van der Waals surface area (Å²) in [5.41, 5.74) is 1.72. The molecule has 1 unspecified atom stereocenters. The van der Waals surface area contributed by atoms with Crippen LogP contribution >= 0.6 is 11.3 Å². The summed E-state index contributed by atoms with van der Waals surface area (Å²) in [4.78, 5) is 42.7. The monoisotopic (exact) mass is 522 g/mol. The first-order valence-electron chi connectivity index (χ1n) is 11.7. The van der Waals surface area contributed by atoms with Gasteiger partial charge in [0.15, 0.2) is 11.4 Å². The highest BCUT2D eigenvalue weighted by Crippen LogP contribution is 2.35. The van der Waals surface area contributed by atoms with Gasteiger partial charge >= 0.3 is 11.9 Å². The van der Waals surface area contributed by atoms with Gasteiger partial charge in [-0.15, -0.1) is 0 Å². The van der Waals surface area contributed by atoms with E-state index in [4.69, 9.17) is 19.3 Å². The molecule has 0 fully saturated rings. The smallest absolute Gasteiger partial charge is 0.341 e. The summed E-state index contributed by atoms with van der Waals surface area (Å²) in [6, 6.07) is 13.3. The summed E-state index contributed by atoms with van der Waals surface area (Å²) < 4.78 is 18.3. The van der Waals surface area contributed by atoms with Gasteiger partial charge in [0.1, 0.15) is 17.5 Å². The SMILES string of the molecule is CCOC(=O)C1=C(C)N=c2s/c(=C\c3cccc(OCC(=O)O)c3)c(=O)n2C1c1ccccc1OCC. The molecule has 2 aromatic carbocycles. The van der Waals surface area contributed by atoms with Crippen LogP contribution in [0.1, 0.15) is 37.9 Å². The topological polar surface area (TPSA) is 116 Å². The fourth-order valence-electron chi connectivity index (χ4n) is 4.07. The number of allylic oxidation sites excluding steroid dienone is 1. The van der Waals surface area contributed by atoms with E-state index in [-0.39, 0.29) is 17.7 Å². The van der Waals surface area contributed by atoms with Crippen molar-refractivity contribution in [1.29, 1.82) is 0 Å². The number of para-hydroxylation sites is 1. The Kier molecular flexibility index (Phi) is 7.88. The van der Waals surface area contributed by atoms with Crippen LogP contribution in [-0.2, 0) is 14.3 Å². The maximum absolute atomic E-state index is 13.8. The lowest BCUT2D eigenvalue weighted by atomic mass is 9.95. The quantitative estimate of drug-likeness (QED) is 0.430. The third-order valence-electron chi connectivity index (χ3n) is 5.55. The zero-order valence-electron chi connectivity index (χ0n) is 20.6. The maximum atomic E-state index is 13.8. The number of rotatable bonds is 9. The molecule has 0 spiro atoms. The third kappa shape index (κ3) is 5.49. The van der Waals surface area contributed by atoms with Crippen molar-refractivity contribution in [3.63, 3.8) is 0 Å². The first-order chi connectivity index (χ1) is 17.8. The number of hydrogen-bond donors (Lipinski definition) is 1. The second-order valence-electron chi connectivity index (χ2n) is 8.03. The Balaban J connectivity index is 1.89. The summed E-state index contributed by atoms with van der Waals surface area (Å²) in [6.45, 7) is 5.43. The van der Waals surface area contributed by atoms with Gasteiger partial charge in [-0.05, 0) is 50.6 Å². The number of thiazole rings is 1. The molecule has 1 atom stereocenters. The number of ether oxygens (including phenoxy) is 3. The molecule has 2 heterocycles. The van der Waals surface area contributed by atoms with Crippen molar-refractivity contribution in [2.75, 3.05) is 19.8 Å². The van der Waals surface area contributed by atoms with Gasteiger partial charge in [0, 0.05) is 5.56 Å². The van der Waals surface area contributed by atoms with E-state index < -0.39 is 24.6 Å². The van der Waals surface area contributed by atoms with Gasteiger partial charge < -0.3 is 19.3 Å². The van der Waals surface area contributed by atoms with E-state index in [1.807, 2.05) is 25.1 Å². The van der Waals surface area contributed by atoms with Crippen LogP contribution in [0.25, 0.3) is 6.08 Å². The van der Waals surface area contributed by atoms with E-state index in [0.29, 0.717) is 44.3 Å². The van der Waals surface area contributed by atoms with Crippen molar-refractivity contribution in [2.24, 2.45) is 4.99 Å². The van der Waals surface area contributed by atoms with Crippen LogP contribution in [0.15, 0.2) is 69.6 Å². The molecule has 1 aliphatic rings. The van der Waals surface area contributed by atoms with Gasteiger partial charge in [-0.25, -0.2) is 14.6 Å². The van der Waals surface area contributed by atoms with Crippen molar-refractivity contribution in [3.05, 3.63) is 90.6 Å². The lowest BCUT2D eigenvalue weighted by Crippen LogP contribution is -2.40. The minimum Gasteiger partial charge on any atom is -0.494 e. The van der Waals surface area contributed by atoms with Crippen molar-refractivity contribution in [2.45, 2.75) is 26.8 Å². The molecule has 9 nitrogen and oxygen atoms in total. The highest BCUT2D eigenvalue weighted by atomic mass is 32.1. The molecule has 0 radical (unpaired) electrons. The standard InChI is InChI=1S/C27H26N2O7S/c1-4-34-20-12-7-6-11-19(20)24-23(26(33)35-5-2)16(3)28-27-29(24)25(32)21(37-27)14-17-9-8-10-18(13-17)36-15-22(30)31/h6-14,24H,4-5,15H2,1-3H3,(H,30,31)/b21-14-. The van der Waals surface area contributed by atoms with Gasteiger partial charge in [0.25, 0.3) is 5.56 Å². The molecule has 4 rings (SSSR count). The summed E-state index contributed by atoms with van der Waals surface area (Å²) in [5.74, 6) is -0.700. The normalized spacial score (nSPS) is 15.1.